The second-order valence-corrected chi connectivity index (χ2v) is 9.79. The summed E-state index contributed by atoms with van der Waals surface area (Å²) in [5, 5.41) is 14.2. The van der Waals surface area contributed by atoms with Crippen molar-refractivity contribution in [3.63, 3.8) is 0 Å². The molecule has 2 N–H and O–H groups in total. The normalized spacial score (nSPS) is 11.9. The molecule has 0 saturated carbocycles. The molecule has 4 rings (SSSR count). The topological polar surface area (TPSA) is 130 Å². The summed E-state index contributed by atoms with van der Waals surface area (Å²) in [6, 6.07) is 18.4. The van der Waals surface area contributed by atoms with Gasteiger partial charge in [-0.05, 0) is 87.0 Å². The fourth-order valence-electron chi connectivity index (χ4n) is 3.55. The van der Waals surface area contributed by atoms with E-state index in [0.29, 0.717) is 17.1 Å². The minimum atomic E-state index is -1.32. The lowest BCUT2D eigenvalue weighted by Crippen LogP contribution is -2.31. The molecule has 1 atom stereocenters. The summed E-state index contributed by atoms with van der Waals surface area (Å²) >= 11 is 1.61. The summed E-state index contributed by atoms with van der Waals surface area (Å²) < 4.78 is 1.12. The highest BCUT2D eigenvalue weighted by molar-refractivity contribution is 7.21. The molecular formula is C28H25N5O4S. The molecule has 192 valence electrons. The minimum Gasteiger partial charge on any atom is -0.326 e. The molecule has 0 saturated heterocycles. The molecule has 3 aromatic carbocycles. The fourth-order valence-corrected chi connectivity index (χ4v) is 4.62. The van der Waals surface area contributed by atoms with Crippen LogP contribution in [0.4, 0.5) is 17.1 Å². The number of benzene rings is 3. The van der Waals surface area contributed by atoms with Gasteiger partial charge in [-0.15, -0.1) is 11.3 Å². The zero-order valence-corrected chi connectivity index (χ0v) is 21.8. The van der Waals surface area contributed by atoms with E-state index in [9.17, 15) is 19.2 Å². The molecule has 0 spiro atoms. The van der Waals surface area contributed by atoms with Gasteiger partial charge in [-0.2, -0.15) is 10.2 Å². The van der Waals surface area contributed by atoms with Crippen molar-refractivity contribution in [2.24, 2.45) is 10.2 Å². The molecule has 1 heterocycles. The lowest BCUT2D eigenvalue weighted by Gasteiger charge is -2.10. The molecule has 0 radical (unpaired) electrons. The summed E-state index contributed by atoms with van der Waals surface area (Å²) in [5.41, 5.74) is 4.44. The van der Waals surface area contributed by atoms with Gasteiger partial charge < -0.3 is 10.6 Å². The third-order valence-electron chi connectivity index (χ3n) is 5.43. The number of fused-ring (bicyclic) bond motifs is 1. The Morgan fingerprint density at radius 3 is 2.18 bits per heavy atom. The van der Waals surface area contributed by atoms with Crippen molar-refractivity contribution in [1.29, 1.82) is 0 Å². The van der Waals surface area contributed by atoms with Crippen LogP contribution in [0.1, 0.15) is 25.8 Å². The van der Waals surface area contributed by atoms with Gasteiger partial charge in [0.05, 0.1) is 22.3 Å². The quantitative estimate of drug-likeness (QED) is 0.208. The van der Waals surface area contributed by atoms with Crippen LogP contribution in [0.25, 0.3) is 20.8 Å². The Hall–Kier alpha value is -4.57. The van der Waals surface area contributed by atoms with Crippen molar-refractivity contribution in [2.45, 2.75) is 33.2 Å². The first-order chi connectivity index (χ1) is 18.2. The van der Waals surface area contributed by atoms with Crippen molar-refractivity contribution in [1.82, 2.24) is 4.98 Å². The number of Topliss-reactive ketones (excluding diaryl/α,β-unsaturated/α-hetero) is 2. The number of hydrogen-bond acceptors (Lipinski definition) is 8. The third-order valence-corrected chi connectivity index (χ3v) is 6.49. The van der Waals surface area contributed by atoms with Gasteiger partial charge in [0.15, 0.2) is 5.78 Å². The molecule has 1 unspecified atom stereocenters. The molecule has 0 aliphatic heterocycles. The molecule has 9 nitrogen and oxygen atoms in total. The Balaban J connectivity index is 1.40. The first kappa shape index (κ1) is 26.5. The summed E-state index contributed by atoms with van der Waals surface area (Å²) in [5.74, 6) is -1.75. The highest BCUT2D eigenvalue weighted by atomic mass is 32.1. The largest absolute Gasteiger partial charge is 0.326 e. The molecule has 0 fully saturated rings. The zero-order valence-electron chi connectivity index (χ0n) is 21.0. The second-order valence-electron chi connectivity index (χ2n) is 8.76. The van der Waals surface area contributed by atoms with Crippen LogP contribution in [0.3, 0.4) is 0 Å². The van der Waals surface area contributed by atoms with E-state index in [0.717, 1.165) is 20.8 Å². The van der Waals surface area contributed by atoms with E-state index in [2.05, 4.69) is 31.9 Å². The molecule has 1 aromatic heterocycles. The summed E-state index contributed by atoms with van der Waals surface area (Å²) in [7, 11) is 0. The first-order valence-electron chi connectivity index (χ1n) is 11.8. The van der Waals surface area contributed by atoms with Crippen LogP contribution < -0.4 is 10.6 Å². The monoisotopic (exact) mass is 527 g/mol. The van der Waals surface area contributed by atoms with Gasteiger partial charge >= 0.3 is 0 Å². The zero-order chi connectivity index (χ0) is 27.2. The number of carbonyl (C=O) groups excluding carboxylic acids is 4. The van der Waals surface area contributed by atoms with Gasteiger partial charge in [0.1, 0.15) is 10.8 Å². The molecule has 10 heteroatoms. The fraction of sp³-hybridized carbons (Fsp3) is 0.179. The van der Waals surface area contributed by atoms with Gasteiger partial charge in [-0.1, -0.05) is 6.07 Å². The highest BCUT2D eigenvalue weighted by Gasteiger charge is 2.23. The van der Waals surface area contributed by atoms with Crippen molar-refractivity contribution < 1.29 is 19.2 Å². The van der Waals surface area contributed by atoms with E-state index in [1.807, 2.05) is 31.2 Å². The van der Waals surface area contributed by atoms with Gasteiger partial charge in [0, 0.05) is 16.9 Å². The number of aryl methyl sites for hydroxylation is 1. The number of carbonyl (C=O) groups is 4. The van der Waals surface area contributed by atoms with Crippen LogP contribution in [0.15, 0.2) is 77.0 Å². The Kier molecular flexibility index (Phi) is 8.12. The van der Waals surface area contributed by atoms with Crippen molar-refractivity contribution in [3.8, 4) is 10.6 Å². The average Bonchev–Trinajstić information content (AvgIpc) is 3.28. The molecular weight excluding hydrogens is 502 g/mol. The number of ketones is 2. The maximum Gasteiger partial charge on any atom is 0.258 e. The van der Waals surface area contributed by atoms with Gasteiger partial charge in [-0.25, -0.2) is 4.98 Å². The average molecular weight is 528 g/mol. The predicted molar refractivity (Wildman–Crippen MR) is 148 cm³/mol. The molecule has 0 aliphatic rings. The number of thiazole rings is 1. The number of rotatable bonds is 9. The lowest BCUT2D eigenvalue weighted by atomic mass is 10.2. The first-order valence-corrected chi connectivity index (χ1v) is 12.6. The molecule has 0 bridgehead atoms. The molecule has 0 aliphatic carbocycles. The van der Waals surface area contributed by atoms with Crippen molar-refractivity contribution in [3.05, 3.63) is 72.3 Å². The van der Waals surface area contributed by atoms with E-state index in [-0.39, 0.29) is 12.2 Å². The standard InChI is InChI=1S/C28H25N5O4S/c1-16-4-13-23-24(14-16)38-28(31-23)19-5-7-22(8-6-19)32-33-26(18(3)35)27(37)30-21-11-9-20(10-12-21)29-25(36)15-17(2)34/h4-14,26H,15H2,1-3H3,(H,29,36)(H,30,37). The minimum absolute atomic E-state index is 0.214. The Morgan fingerprint density at radius 1 is 0.895 bits per heavy atom. The number of azo groups is 1. The number of aromatic nitrogens is 1. The van der Waals surface area contributed by atoms with E-state index in [1.54, 1.807) is 47.7 Å². The SMILES string of the molecule is CC(=O)CC(=O)Nc1ccc(NC(=O)C(N=Nc2ccc(-c3nc4ccc(C)cc4s3)cc2)C(C)=O)cc1. The number of amides is 2. The van der Waals surface area contributed by atoms with Crippen LogP contribution in [-0.2, 0) is 19.2 Å². The second kappa shape index (κ2) is 11.7. The number of nitrogens with zero attached hydrogens (tertiary/aromatic N) is 3. The van der Waals surface area contributed by atoms with Crippen LogP contribution in [0, 0.1) is 6.92 Å². The number of hydrogen-bond donors (Lipinski definition) is 2. The van der Waals surface area contributed by atoms with Crippen LogP contribution in [0.2, 0.25) is 0 Å². The van der Waals surface area contributed by atoms with E-state index in [4.69, 9.17) is 0 Å². The molecule has 2 amide bonds. The molecule has 4 aromatic rings. The van der Waals surface area contributed by atoms with Gasteiger partial charge in [0.25, 0.3) is 5.91 Å². The predicted octanol–water partition coefficient (Wildman–Crippen LogP) is 5.87. The van der Waals surface area contributed by atoms with E-state index in [1.165, 1.54) is 19.4 Å². The van der Waals surface area contributed by atoms with Crippen LogP contribution in [-0.4, -0.2) is 34.4 Å². The summed E-state index contributed by atoms with van der Waals surface area (Å²) in [6.45, 7) is 4.65. The summed E-state index contributed by atoms with van der Waals surface area (Å²) in [4.78, 5) is 52.3. The van der Waals surface area contributed by atoms with Crippen molar-refractivity contribution in [2.75, 3.05) is 10.6 Å². The molecule has 38 heavy (non-hydrogen) atoms. The Bertz CT molecular complexity index is 1540. The van der Waals surface area contributed by atoms with Gasteiger partial charge in [0.2, 0.25) is 11.9 Å². The van der Waals surface area contributed by atoms with E-state index >= 15 is 0 Å². The van der Waals surface area contributed by atoms with Crippen LogP contribution >= 0.6 is 11.3 Å². The Morgan fingerprint density at radius 2 is 1.55 bits per heavy atom. The van der Waals surface area contributed by atoms with Gasteiger partial charge in [-0.3, -0.25) is 19.2 Å². The smallest absolute Gasteiger partial charge is 0.258 e. The van der Waals surface area contributed by atoms with Crippen molar-refractivity contribution >= 4 is 62.0 Å². The number of anilines is 2. The van der Waals surface area contributed by atoms with E-state index < -0.39 is 23.6 Å². The third kappa shape index (κ3) is 6.80. The lowest BCUT2D eigenvalue weighted by molar-refractivity contribution is -0.127. The maximum atomic E-state index is 12.7. The summed E-state index contributed by atoms with van der Waals surface area (Å²) in [6.07, 6.45) is -0.214. The highest BCUT2D eigenvalue weighted by Crippen LogP contribution is 2.31. The maximum absolute atomic E-state index is 12.7. The Labute approximate surface area is 223 Å². The van der Waals surface area contributed by atoms with Crippen LogP contribution in [0.5, 0.6) is 0 Å². The number of nitrogens with one attached hydrogen (secondary N) is 2.